The second-order valence-corrected chi connectivity index (χ2v) is 5.22. The summed E-state index contributed by atoms with van der Waals surface area (Å²) in [5.41, 5.74) is 0.982. The number of halogens is 2. The molecule has 0 saturated carbocycles. The summed E-state index contributed by atoms with van der Waals surface area (Å²) >= 11 is 17.5. The lowest BCUT2D eigenvalue weighted by molar-refractivity contribution is 0.0685. The van der Waals surface area contributed by atoms with E-state index >= 15 is 0 Å². The van der Waals surface area contributed by atoms with Crippen LogP contribution < -0.4 is 0 Å². The van der Waals surface area contributed by atoms with Gasteiger partial charge in [-0.25, -0.2) is 0 Å². The van der Waals surface area contributed by atoms with Crippen LogP contribution in [0.5, 0.6) is 0 Å². The summed E-state index contributed by atoms with van der Waals surface area (Å²) in [7, 11) is 0. The summed E-state index contributed by atoms with van der Waals surface area (Å²) in [6.45, 7) is 3.20. The van der Waals surface area contributed by atoms with Crippen molar-refractivity contribution < 1.29 is 4.74 Å². The van der Waals surface area contributed by atoms with Gasteiger partial charge in [-0.2, -0.15) is 0 Å². The molecule has 0 spiro atoms. The molecule has 1 saturated heterocycles. The molecule has 0 atom stereocenters. The zero-order chi connectivity index (χ0) is 12.3. The van der Waals surface area contributed by atoms with E-state index in [-0.39, 0.29) is 0 Å². The standard InChI is InChI=1S/C12H13Cl2NOS/c13-10-1-2-11(14)9(7-10)8-12(17)15-3-5-16-6-4-15/h1-2,7H,3-6,8H2. The summed E-state index contributed by atoms with van der Waals surface area (Å²) in [6, 6.07) is 5.46. The molecule has 1 aromatic carbocycles. The van der Waals surface area contributed by atoms with E-state index in [0.717, 1.165) is 36.9 Å². The van der Waals surface area contributed by atoms with E-state index in [1.54, 1.807) is 12.1 Å². The maximum Gasteiger partial charge on any atom is 0.0825 e. The molecule has 0 unspecified atom stereocenters. The van der Waals surface area contributed by atoms with Crippen LogP contribution in [-0.2, 0) is 11.2 Å². The van der Waals surface area contributed by atoms with E-state index in [2.05, 4.69) is 4.90 Å². The molecule has 2 nitrogen and oxygen atoms in total. The van der Waals surface area contributed by atoms with Crippen LogP contribution in [-0.4, -0.2) is 36.2 Å². The summed E-state index contributed by atoms with van der Waals surface area (Å²) in [6.07, 6.45) is 0.661. The number of hydrogen-bond donors (Lipinski definition) is 0. The molecule has 1 fully saturated rings. The molecule has 5 heteroatoms. The second kappa shape index (κ2) is 6.01. The molecule has 2 rings (SSSR count). The van der Waals surface area contributed by atoms with E-state index < -0.39 is 0 Å². The molecule has 1 aliphatic rings. The normalized spacial score (nSPS) is 16.0. The Labute approximate surface area is 116 Å². The SMILES string of the molecule is S=C(Cc1cc(Cl)ccc1Cl)N1CCOCC1. The molecule has 1 heterocycles. The Kier molecular flexibility index (Phi) is 4.62. The van der Waals surface area contributed by atoms with Crippen LogP contribution in [0.25, 0.3) is 0 Å². The van der Waals surface area contributed by atoms with Gasteiger partial charge in [0, 0.05) is 29.6 Å². The zero-order valence-electron chi connectivity index (χ0n) is 9.29. The zero-order valence-corrected chi connectivity index (χ0v) is 11.6. The number of morpholine rings is 1. The number of nitrogens with zero attached hydrogens (tertiary/aromatic N) is 1. The van der Waals surface area contributed by atoms with Crippen LogP contribution in [0, 0.1) is 0 Å². The molecular formula is C12H13Cl2NOS. The summed E-state index contributed by atoms with van der Waals surface area (Å²) < 4.78 is 5.29. The van der Waals surface area contributed by atoms with Crippen LogP contribution in [0.3, 0.4) is 0 Å². The van der Waals surface area contributed by atoms with Gasteiger partial charge in [0.2, 0.25) is 0 Å². The van der Waals surface area contributed by atoms with E-state index in [4.69, 9.17) is 40.2 Å². The topological polar surface area (TPSA) is 12.5 Å². The van der Waals surface area contributed by atoms with E-state index in [1.165, 1.54) is 0 Å². The van der Waals surface area contributed by atoms with Gasteiger partial charge in [-0.05, 0) is 23.8 Å². The van der Waals surface area contributed by atoms with Crippen LogP contribution >= 0.6 is 35.4 Å². The van der Waals surface area contributed by atoms with Gasteiger partial charge in [0.15, 0.2) is 0 Å². The Balaban J connectivity index is 2.04. The van der Waals surface area contributed by atoms with Crippen molar-refractivity contribution in [1.29, 1.82) is 0 Å². The predicted octanol–water partition coefficient (Wildman–Crippen LogP) is 3.20. The Hall–Kier alpha value is -0.350. The maximum atomic E-state index is 6.12. The average Bonchev–Trinajstić information content (AvgIpc) is 2.35. The number of ether oxygens (including phenoxy) is 1. The molecule has 92 valence electrons. The fourth-order valence-corrected chi connectivity index (χ4v) is 2.48. The Morgan fingerprint density at radius 1 is 1.29 bits per heavy atom. The fraction of sp³-hybridized carbons (Fsp3) is 0.417. The van der Waals surface area contributed by atoms with E-state index in [9.17, 15) is 0 Å². The molecule has 1 aliphatic heterocycles. The molecular weight excluding hydrogens is 277 g/mol. The van der Waals surface area contributed by atoms with Gasteiger partial charge in [0.1, 0.15) is 0 Å². The molecule has 17 heavy (non-hydrogen) atoms. The van der Waals surface area contributed by atoms with E-state index in [0.29, 0.717) is 16.5 Å². The van der Waals surface area contributed by atoms with Crippen molar-refractivity contribution in [2.75, 3.05) is 26.3 Å². The largest absolute Gasteiger partial charge is 0.378 e. The first kappa shape index (κ1) is 13.1. The third-order valence-electron chi connectivity index (χ3n) is 2.71. The lowest BCUT2D eigenvalue weighted by atomic mass is 10.1. The Morgan fingerprint density at radius 3 is 2.71 bits per heavy atom. The predicted molar refractivity (Wildman–Crippen MR) is 75.2 cm³/mol. The molecule has 1 aromatic rings. The van der Waals surface area contributed by atoms with Crippen LogP contribution in [0.4, 0.5) is 0 Å². The van der Waals surface area contributed by atoms with Crippen molar-refractivity contribution in [2.45, 2.75) is 6.42 Å². The van der Waals surface area contributed by atoms with Crippen molar-refractivity contribution in [3.05, 3.63) is 33.8 Å². The molecule has 0 bridgehead atoms. The van der Waals surface area contributed by atoms with Crippen LogP contribution in [0.15, 0.2) is 18.2 Å². The first-order valence-electron chi connectivity index (χ1n) is 5.46. The van der Waals surface area contributed by atoms with Crippen LogP contribution in [0.1, 0.15) is 5.56 Å². The highest BCUT2D eigenvalue weighted by molar-refractivity contribution is 7.80. The number of rotatable bonds is 2. The minimum absolute atomic E-state index is 0.661. The first-order valence-corrected chi connectivity index (χ1v) is 6.62. The minimum Gasteiger partial charge on any atom is -0.378 e. The Bertz CT molecular complexity index is 419. The molecule has 0 aliphatic carbocycles. The summed E-state index contributed by atoms with van der Waals surface area (Å²) in [5, 5.41) is 1.40. The molecule has 0 radical (unpaired) electrons. The quantitative estimate of drug-likeness (QED) is 0.776. The van der Waals surface area contributed by atoms with Crippen molar-refractivity contribution in [2.24, 2.45) is 0 Å². The van der Waals surface area contributed by atoms with Crippen molar-refractivity contribution >= 4 is 40.4 Å². The molecule has 0 amide bonds. The Morgan fingerprint density at radius 2 is 2.00 bits per heavy atom. The average molecular weight is 290 g/mol. The molecule has 0 aromatic heterocycles. The van der Waals surface area contributed by atoms with Gasteiger partial charge >= 0.3 is 0 Å². The second-order valence-electron chi connectivity index (χ2n) is 3.91. The smallest absolute Gasteiger partial charge is 0.0825 e. The van der Waals surface area contributed by atoms with Crippen molar-refractivity contribution in [3.8, 4) is 0 Å². The highest BCUT2D eigenvalue weighted by Gasteiger charge is 2.15. The van der Waals surface area contributed by atoms with Gasteiger partial charge in [-0.3, -0.25) is 0 Å². The number of thiocarbonyl (C=S) groups is 1. The number of benzene rings is 1. The van der Waals surface area contributed by atoms with E-state index in [1.807, 2.05) is 6.07 Å². The summed E-state index contributed by atoms with van der Waals surface area (Å²) in [5.74, 6) is 0. The third-order valence-corrected chi connectivity index (χ3v) is 3.72. The highest BCUT2D eigenvalue weighted by atomic mass is 35.5. The number of hydrogen-bond acceptors (Lipinski definition) is 2. The fourth-order valence-electron chi connectivity index (χ4n) is 1.77. The minimum atomic E-state index is 0.661. The van der Waals surface area contributed by atoms with Crippen molar-refractivity contribution in [1.82, 2.24) is 4.90 Å². The van der Waals surface area contributed by atoms with Gasteiger partial charge in [0.25, 0.3) is 0 Å². The lowest BCUT2D eigenvalue weighted by Crippen LogP contribution is -2.40. The van der Waals surface area contributed by atoms with Gasteiger partial charge in [0.05, 0.1) is 18.2 Å². The molecule has 0 N–H and O–H groups in total. The van der Waals surface area contributed by atoms with Crippen LogP contribution in [0.2, 0.25) is 10.0 Å². The first-order chi connectivity index (χ1) is 8.16. The van der Waals surface area contributed by atoms with Gasteiger partial charge in [-0.15, -0.1) is 0 Å². The monoisotopic (exact) mass is 289 g/mol. The third kappa shape index (κ3) is 3.55. The highest BCUT2D eigenvalue weighted by Crippen LogP contribution is 2.22. The van der Waals surface area contributed by atoms with Gasteiger partial charge in [-0.1, -0.05) is 35.4 Å². The van der Waals surface area contributed by atoms with Gasteiger partial charge < -0.3 is 9.64 Å². The van der Waals surface area contributed by atoms with Crippen molar-refractivity contribution in [3.63, 3.8) is 0 Å². The lowest BCUT2D eigenvalue weighted by Gasteiger charge is -2.29. The summed E-state index contributed by atoms with van der Waals surface area (Å²) in [4.78, 5) is 3.06. The maximum absolute atomic E-state index is 6.12.